The van der Waals surface area contributed by atoms with Gasteiger partial charge < -0.3 is 0 Å². The summed E-state index contributed by atoms with van der Waals surface area (Å²) >= 11 is 2.00. The maximum Gasteiger partial charge on any atom is 0.0694 e. The molecule has 0 aliphatic carbocycles. The second-order valence-corrected chi connectivity index (χ2v) is 4.31. The highest BCUT2D eigenvalue weighted by atomic mass is 32.4. The SMILES string of the molecule is C=CC(C)CS[SiH3]. The third kappa shape index (κ3) is 4.15. The summed E-state index contributed by atoms with van der Waals surface area (Å²) in [5, 5.41) is 0. The molecule has 0 nitrogen and oxygen atoms in total. The molecule has 0 bridgehead atoms. The van der Waals surface area contributed by atoms with E-state index >= 15 is 0 Å². The zero-order valence-corrected chi connectivity index (χ0v) is 7.79. The lowest BCUT2D eigenvalue weighted by atomic mass is 10.2. The van der Waals surface area contributed by atoms with Crippen LogP contribution in [0.5, 0.6) is 0 Å². The highest BCUT2D eigenvalue weighted by molar-refractivity contribution is 8.19. The summed E-state index contributed by atoms with van der Waals surface area (Å²) in [4.78, 5) is 0. The van der Waals surface area contributed by atoms with Crippen molar-refractivity contribution in [2.75, 3.05) is 5.75 Å². The quantitative estimate of drug-likeness (QED) is 0.405. The first-order valence-corrected chi connectivity index (χ1v) is 6.27. The van der Waals surface area contributed by atoms with Crippen LogP contribution in [0.15, 0.2) is 12.7 Å². The molecule has 0 radical (unpaired) electrons. The van der Waals surface area contributed by atoms with Crippen LogP contribution in [0.4, 0.5) is 0 Å². The van der Waals surface area contributed by atoms with Gasteiger partial charge in [-0.05, 0) is 11.7 Å². The third-order valence-electron chi connectivity index (χ3n) is 0.832. The Hall–Kier alpha value is 0.307. The Balaban J connectivity index is 2.98. The number of hydrogen-bond donors (Lipinski definition) is 0. The van der Waals surface area contributed by atoms with E-state index in [0.717, 1.165) is 0 Å². The Bertz CT molecular complexity index is 54.0. The molecule has 0 fully saturated rings. The fourth-order valence-corrected chi connectivity index (χ4v) is 2.57. The predicted octanol–water partition coefficient (Wildman–Crippen LogP) is 0.822. The lowest BCUT2D eigenvalue weighted by Crippen LogP contribution is -1.90. The molecule has 0 amide bonds. The average Bonchev–Trinajstić information content (AvgIpc) is 1.68. The van der Waals surface area contributed by atoms with Gasteiger partial charge in [-0.15, -0.1) is 6.58 Å². The van der Waals surface area contributed by atoms with Crippen molar-refractivity contribution in [3.8, 4) is 0 Å². The van der Waals surface area contributed by atoms with Gasteiger partial charge in [0.25, 0.3) is 0 Å². The Morgan fingerprint density at radius 3 is 2.71 bits per heavy atom. The normalized spacial score (nSPS) is 13.9. The topological polar surface area (TPSA) is 0 Å². The second-order valence-electron chi connectivity index (χ2n) is 1.67. The molecule has 0 saturated carbocycles. The minimum Gasteiger partial charge on any atom is -0.197 e. The summed E-state index contributed by atoms with van der Waals surface area (Å²) < 4.78 is 0. The van der Waals surface area contributed by atoms with Gasteiger partial charge in [-0.3, -0.25) is 0 Å². The molecular weight excluding hydrogens is 120 g/mol. The first-order valence-electron chi connectivity index (χ1n) is 2.42. The molecule has 1 atom stereocenters. The molecule has 42 valence electrons. The smallest absolute Gasteiger partial charge is 0.0694 e. The minimum atomic E-state index is 0.711. The molecule has 7 heavy (non-hydrogen) atoms. The summed E-state index contributed by atoms with van der Waals surface area (Å²) in [6.07, 6.45) is 2.00. The van der Waals surface area contributed by atoms with Crippen LogP contribution < -0.4 is 0 Å². The van der Waals surface area contributed by atoms with Crippen LogP contribution in [0.1, 0.15) is 6.92 Å². The number of hydrogen-bond acceptors (Lipinski definition) is 1. The van der Waals surface area contributed by atoms with E-state index in [9.17, 15) is 0 Å². The fourth-order valence-electron chi connectivity index (χ4n) is 0.331. The first kappa shape index (κ1) is 7.31. The van der Waals surface area contributed by atoms with Gasteiger partial charge in [-0.2, -0.15) is 11.2 Å². The summed E-state index contributed by atoms with van der Waals surface area (Å²) in [7, 11) is 1.26. The molecule has 2 heteroatoms. The molecule has 0 aliphatic rings. The molecule has 0 rings (SSSR count). The maximum absolute atomic E-state index is 3.68. The van der Waals surface area contributed by atoms with Crippen LogP contribution in [0.3, 0.4) is 0 Å². The lowest BCUT2D eigenvalue weighted by molar-refractivity contribution is 0.852. The molecule has 0 spiro atoms. The molecule has 0 aliphatic heterocycles. The van der Waals surface area contributed by atoms with Crippen molar-refractivity contribution in [3.05, 3.63) is 12.7 Å². The zero-order valence-electron chi connectivity index (χ0n) is 4.98. The largest absolute Gasteiger partial charge is 0.197 e. The maximum atomic E-state index is 3.68. The van der Waals surface area contributed by atoms with Crippen LogP contribution in [-0.4, -0.2) is 15.1 Å². The fraction of sp³-hybridized carbons (Fsp3) is 0.600. The number of rotatable bonds is 3. The lowest BCUT2D eigenvalue weighted by Gasteiger charge is -1.98. The Morgan fingerprint density at radius 2 is 2.57 bits per heavy atom. The highest BCUT2D eigenvalue weighted by Gasteiger charge is 1.89. The van der Waals surface area contributed by atoms with Crippen LogP contribution in [0.25, 0.3) is 0 Å². The molecule has 0 aromatic rings. The van der Waals surface area contributed by atoms with Gasteiger partial charge in [0, 0.05) is 0 Å². The monoisotopic (exact) mass is 132 g/mol. The van der Waals surface area contributed by atoms with E-state index in [2.05, 4.69) is 13.5 Å². The van der Waals surface area contributed by atoms with Crippen LogP contribution in [-0.2, 0) is 0 Å². The van der Waals surface area contributed by atoms with Crippen molar-refractivity contribution in [3.63, 3.8) is 0 Å². The van der Waals surface area contributed by atoms with E-state index in [1.807, 2.05) is 17.3 Å². The predicted molar refractivity (Wildman–Crippen MR) is 41.8 cm³/mol. The molecule has 1 unspecified atom stereocenters. The Kier molecular flexibility index (Phi) is 4.66. The van der Waals surface area contributed by atoms with Gasteiger partial charge in [0.1, 0.15) is 0 Å². The molecule has 0 aromatic carbocycles. The molecule has 0 heterocycles. The standard InChI is InChI=1S/C5H12SSi/c1-3-5(2)4-6-7/h3,5H,1,4H2,2,7H3. The van der Waals surface area contributed by atoms with Crippen LogP contribution >= 0.6 is 11.2 Å². The Labute approximate surface area is 52.4 Å². The minimum absolute atomic E-state index is 0.711. The molecular formula is C5H12SSi. The average molecular weight is 132 g/mol. The molecule has 0 aromatic heterocycles. The van der Waals surface area contributed by atoms with Crippen molar-refractivity contribution < 1.29 is 0 Å². The van der Waals surface area contributed by atoms with E-state index in [1.165, 1.54) is 15.1 Å². The van der Waals surface area contributed by atoms with Gasteiger partial charge in [0.2, 0.25) is 0 Å². The third-order valence-corrected chi connectivity index (χ3v) is 2.69. The molecule has 0 saturated heterocycles. The van der Waals surface area contributed by atoms with Gasteiger partial charge in [-0.25, -0.2) is 0 Å². The van der Waals surface area contributed by atoms with Crippen molar-refractivity contribution in [1.82, 2.24) is 0 Å². The number of allylic oxidation sites excluding steroid dienone is 1. The summed E-state index contributed by atoms with van der Waals surface area (Å²) in [5.41, 5.74) is 0. The van der Waals surface area contributed by atoms with Crippen LogP contribution in [0.2, 0.25) is 0 Å². The van der Waals surface area contributed by atoms with Gasteiger partial charge >= 0.3 is 0 Å². The Morgan fingerprint density at radius 1 is 2.00 bits per heavy atom. The van der Waals surface area contributed by atoms with Crippen molar-refractivity contribution in [2.45, 2.75) is 6.92 Å². The van der Waals surface area contributed by atoms with E-state index in [0.29, 0.717) is 5.92 Å². The second kappa shape index (κ2) is 4.47. The first-order chi connectivity index (χ1) is 3.31. The van der Waals surface area contributed by atoms with E-state index < -0.39 is 0 Å². The molecule has 0 N–H and O–H groups in total. The van der Waals surface area contributed by atoms with Crippen molar-refractivity contribution in [2.24, 2.45) is 5.92 Å². The summed E-state index contributed by atoms with van der Waals surface area (Å²) in [6, 6.07) is 0. The summed E-state index contributed by atoms with van der Waals surface area (Å²) in [6.45, 7) is 5.87. The highest BCUT2D eigenvalue weighted by Crippen LogP contribution is 2.02. The van der Waals surface area contributed by atoms with E-state index in [4.69, 9.17) is 0 Å². The van der Waals surface area contributed by atoms with E-state index in [1.54, 1.807) is 0 Å². The zero-order chi connectivity index (χ0) is 5.70. The van der Waals surface area contributed by atoms with Crippen molar-refractivity contribution >= 4 is 20.6 Å². The van der Waals surface area contributed by atoms with Gasteiger partial charge in [0.05, 0.1) is 9.39 Å². The van der Waals surface area contributed by atoms with E-state index in [-0.39, 0.29) is 0 Å². The van der Waals surface area contributed by atoms with Gasteiger partial charge in [0.15, 0.2) is 0 Å². The summed E-state index contributed by atoms with van der Waals surface area (Å²) in [5.74, 6) is 1.97. The van der Waals surface area contributed by atoms with Crippen molar-refractivity contribution in [1.29, 1.82) is 0 Å². The van der Waals surface area contributed by atoms with Gasteiger partial charge in [-0.1, -0.05) is 13.0 Å². The van der Waals surface area contributed by atoms with Crippen LogP contribution in [0, 0.1) is 5.92 Å².